The molecular formula is C12H19FO2. The number of hydrogen-bond acceptors (Lipinski definition) is 2. The van der Waals surface area contributed by atoms with Crippen LogP contribution >= 0.6 is 0 Å². The van der Waals surface area contributed by atoms with Crippen LogP contribution in [0.1, 0.15) is 33.0 Å². The third-order valence-electron chi connectivity index (χ3n) is 1.50. The number of halogens is 1. The lowest BCUT2D eigenvalue weighted by Crippen LogP contribution is -2.09. The van der Waals surface area contributed by atoms with Gasteiger partial charge in [0, 0.05) is 0 Å². The van der Waals surface area contributed by atoms with Gasteiger partial charge in [-0.05, 0) is 5.56 Å². The summed E-state index contributed by atoms with van der Waals surface area (Å²) in [4.78, 5) is 10.7. The second-order valence-corrected chi connectivity index (χ2v) is 2.30. The van der Waals surface area contributed by atoms with E-state index in [1.165, 1.54) is 0 Å². The van der Waals surface area contributed by atoms with Crippen molar-refractivity contribution in [2.24, 2.45) is 0 Å². The van der Waals surface area contributed by atoms with Gasteiger partial charge >= 0.3 is 5.97 Å². The lowest BCUT2D eigenvalue weighted by molar-refractivity contribution is -0.146. The zero-order valence-corrected chi connectivity index (χ0v) is 8.66. The zero-order valence-electron chi connectivity index (χ0n) is 8.66. The summed E-state index contributed by atoms with van der Waals surface area (Å²) in [6, 6.07) is 8.19. The molecule has 0 N–H and O–H groups in total. The molecule has 1 aromatic carbocycles. The molecule has 3 heteroatoms. The second-order valence-electron chi connectivity index (χ2n) is 2.30. The number of esters is 1. The summed E-state index contributed by atoms with van der Waals surface area (Å²) >= 11 is 0. The highest BCUT2D eigenvalue weighted by atomic mass is 19.1. The van der Waals surface area contributed by atoms with Gasteiger partial charge in [0.2, 0.25) is 6.17 Å². The Morgan fingerprint density at radius 1 is 1.27 bits per heavy atom. The lowest BCUT2D eigenvalue weighted by atomic mass is 10.1. The minimum atomic E-state index is -1.67. The first-order valence-corrected chi connectivity index (χ1v) is 4.52. The number of carbonyl (C=O) groups is 1. The average molecular weight is 214 g/mol. The molecule has 1 aromatic rings. The molecule has 86 valence electrons. The summed E-state index contributed by atoms with van der Waals surface area (Å²) in [5, 5.41) is 0. The van der Waals surface area contributed by atoms with Gasteiger partial charge < -0.3 is 4.74 Å². The maximum atomic E-state index is 13.1. The highest BCUT2D eigenvalue weighted by Gasteiger charge is 2.18. The minimum absolute atomic E-state index is 0. The third kappa shape index (κ3) is 5.15. The van der Waals surface area contributed by atoms with Crippen molar-refractivity contribution in [2.45, 2.75) is 27.4 Å². The van der Waals surface area contributed by atoms with Crippen LogP contribution in [-0.2, 0) is 9.53 Å². The maximum Gasteiger partial charge on any atom is 0.345 e. The Hall–Kier alpha value is -1.38. The first kappa shape index (κ1) is 16.1. The smallest absolute Gasteiger partial charge is 0.345 e. The molecule has 0 aliphatic carbocycles. The van der Waals surface area contributed by atoms with Gasteiger partial charge in [0.05, 0.1) is 7.11 Å². The van der Waals surface area contributed by atoms with Crippen molar-refractivity contribution in [3.63, 3.8) is 0 Å². The number of carbonyl (C=O) groups excluding carboxylic acids is 1. The lowest BCUT2D eigenvalue weighted by Gasteiger charge is -2.04. The molecule has 0 bridgehead atoms. The fourth-order valence-corrected chi connectivity index (χ4v) is 0.862. The molecule has 0 amide bonds. The first-order chi connectivity index (χ1) is 6.75. The fraction of sp³-hybridized carbons (Fsp3) is 0.417. The molecule has 0 aromatic heterocycles. The molecule has 0 aliphatic rings. The molecular weight excluding hydrogens is 195 g/mol. The SMILES string of the molecule is C.CC.COC(=O)C(F)c1ccccc1. The normalized spacial score (nSPS) is 10.1. The van der Waals surface area contributed by atoms with Crippen molar-refractivity contribution in [1.29, 1.82) is 0 Å². The van der Waals surface area contributed by atoms with Crippen LogP contribution in [0.5, 0.6) is 0 Å². The highest BCUT2D eigenvalue weighted by molar-refractivity contribution is 5.76. The monoisotopic (exact) mass is 214 g/mol. The molecule has 0 saturated heterocycles. The van der Waals surface area contributed by atoms with Gasteiger partial charge in [-0.3, -0.25) is 0 Å². The van der Waals surface area contributed by atoms with E-state index in [2.05, 4.69) is 4.74 Å². The predicted molar refractivity (Wildman–Crippen MR) is 60.4 cm³/mol. The molecule has 15 heavy (non-hydrogen) atoms. The Balaban J connectivity index is 0. The summed E-state index contributed by atoms with van der Waals surface area (Å²) in [5.74, 6) is -0.860. The summed E-state index contributed by atoms with van der Waals surface area (Å²) in [6.07, 6.45) is -1.67. The van der Waals surface area contributed by atoms with Gasteiger partial charge in [-0.25, -0.2) is 9.18 Å². The standard InChI is InChI=1S/C9H9FO2.C2H6.CH4/c1-12-9(11)8(10)7-5-3-2-4-6-7;1-2;/h2-6,8H,1H3;1-2H3;1H4. The average Bonchev–Trinajstić information content (AvgIpc) is 2.31. The van der Waals surface area contributed by atoms with Crippen molar-refractivity contribution in [3.05, 3.63) is 35.9 Å². The van der Waals surface area contributed by atoms with E-state index in [1.54, 1.807) is 30.3 Å². The van der Waals surface area contributed by atoms with E-state index in [-0.39, 0.29) is 7.43 Å². The van der Waals surface area contributed by atoms with Crippen LogP contribution < -0.4 is 0 Å². The van der Waals surface area contributed by atoms with E-state index in [9.17, 15) is 9.18 Å². The van der Waals surface area contributed by atoms with E-state index < -0.39 is 12.1 Å². The largest absolute Gasteiger partial charge is 0.467 e. The summed E-state index contributed by atoms with van der Waals surface area (Å²) in [5.41, 5.74) is 0.323. The van der Waals surface area contributed by atoms with E-state index in [0.29, 0.717) is 5.56 Å². The van der Waals surface area contributed by atoms with Gasteiger partial charge in [-0.15, -0.1) is 0 Å². The Morgan fingerprint density at radius 2 is 1.73 bits per heavy atom. The summed E-state index contributed by atoms with van der Waals surface area (Å²) in [7, 11) is 1.16. The predicted octanol–water partition coefficient (Wildman–Crippen LogP) is 3.53. The number of rotatable bonds is 2. The van der Waals surface area contributed by atoms with Gasteiger partial charge in [0.25, 0.3) is 0 Å². The van der Waals surface area contributed by atoms with E-state index >= 15 is 0 Å². The Bertz CT molecular complexity index is 260. The molecule has 0 fully saturated rings. The number of ether oxygens (including phenoxy) is 1. The topological polar surface area (TPSA) is 26.3 Å². The Labute approximate surface area is 91.1 Å². The second kappa shape index (κ2) is 9.19. The van der Waals surface area contributed by atoms with Crippen molar-refractivity contribution in [2.75, 3.05) is 7.11 Å². The van der Waals surface area contributed by atoms with Crippen LogP contribution in [0.4, 0.5) is 4.39 Å². The molecule has 1 rings (SSSR count). The van der Waals surface area contributed by atoms with Crippen LogP contribution in [0.15, 0.2) is 30.3 Å². The molecule has 0 heterocycles. The van der Waals surface area contributed by atoms with Crippen LogP contribution in [0.3, 0.4) is 0 Å². The van der Waals surface area contributed by atoms with E-state index in [4.69, 9.17) is 0 Å². The summed E-state index contributed by atoms with van der Waals surface area (Å²) < 4.78 is 17.3. The maximum absolute atomic E-state index is 13.1. The van der Waals surface area contributed by atoms with Crippen molar-refractivity contribution >= 4 is 5.97 Å². The Morgan fingerprint density at radius 3 is 2.13 bits per heavy atom. The van der Waals surface area contributed by atoms with Crippen molar-refractivity contribution < 1.29 is 13.9 Å². The minimum Gasteiger partial charge on any atom is -0.467 e. The highest BCUT2D eigenvalue weighted by Crippen LogP contribution is 2.17. The number of methoxy groups -OCH3 is 1. The van der Waals surface area contributed by atoms with Crippen LogP contribution in [0.25, 0.3) is 0 Å². The molecule has 1 unspecified atom stereocenters. The van der Waals surface area contributed by atoms with Gasteiger partial charge in [0.15, 0.2) is 0 Å². The third-order valence-corrected chi connectivity index (χ3v) is 1.50. The molecule has 0 radical (unpaired) electrons. The number of benzene rings is 1. The van der Waals surface area contributed by atoms with Crippen LogP contribution in [-0.4, -0.2) is 13.1 Å². The molecule has 0 aliphatic heterocycles. The number of hydrogen-bond donors (Lipinski definition) is 0. The van der Waals surface area contributed by atoms with Gasteiger partial charge in [-0.2, -0.15) is 0 Å². The Kier molecular flexibility index (Phi) is 9.84. The molecule has 2 nitrogen and oxygen atoms in total. The quantitative estimate of drug-likeness (QED) is 0.704. The van der Waals surface area contributed by atoms with Gasteiger partial charge in [0.1, 0.15) is 0 Å². The molecule has 0 saturated carbocycles. The van der Waals surface area contributed by atoms with Crippen LogP contribution in [0.2, 0.25) is 0 Å². The zero-order chi connectivity index (χ0) is 11.0. The molecule has 1 atom stereocenters. The van der Waals surface area contributed by atoms with Crippen LogP contribution in [0, 0.1) is 0 Å². The molecule has 0 spiro atoms. The first-order valence-electron chi connectivity index (χ1n) is 4.52. The van der Waals surface area contributed by atoms with E-state index in [0.717, 1.165) is 7.11 Å². The van der Waals surface area contributed by atoms with Crippen molar-refractivity contribution in [1.82, 2.24) is 0 Å². The van der Waals surface area contributed by atoms with Crippen molar-refractivity contribution in [3.8, 4) is 0 Å². The van der Waals surface area contributed by atoms with Gasteiger partial charge in [-0.1, -0.05) is 51.6 Å². The fourth-order valence-electron chi connectivity index (χ4n) is 0.862. The summed E-state index contributed by atoms with van der Waals surface area (Å²) in [6.45, 7) is 4.00. The number of alkyl halides is 1. The van der Waals surface area contributed by atoms with E-state index in [1.807, 2.05) is 13.8 Å².